The van der Waals surface area contributed by atoms with Crippen molar-refractivity contribution in [2.24, 2.45) is 29.1 Å². The van der Waals surface area contributed by atoms with Crippen LogP contribution in [0.3, 0.4) is 0 Å². The minimum Gasteiger partial charge on any atom is -0.280 e. The van der Waals surface area contributed by atoms with Crippen LogP contribution in [-0.2, 0) is 4.84 Å². The number of allylic oxidation sites excluding steroid dienone is 5. The van der Waals surface area contributed by atoms with Gasteiger partial charge in [0.2, 0.25) is 0 Å². The summed E-state index contributed by atoms with van der Waals surface area (Å²) in [5.41, 5.74) is 9.90. The standard InChI is InChI=1S/C21H31NO/c1-13-5-6-16-15(11-13)12-14(2)20-17(16)9-10-21(3)18(20)7-8-19(21)22-23-4/h8,14,17-18,20,22H,1,5-7,9-12H2,2-4H3/t14-,17-,18+,20-,21+/m1/s1. The Morgan fingerprint density at radius 3 is 2.96 bits per heavy atom. The number of hydrogen-bond donors (Lipinski definition) is 1. The molecular weight excluding hydrogens is 282 g/mol. The van der Waals surface area contributed by atoms with Gasteiger partial charge in [-0.1, -0.05) is 43.2 Å². The van der Waals surface area contributed by atoms with Crippen LogP contribution in [0.4, 0.5) is 0 Å². The zero-order chi connectivity index (χ0) is 16.2. The molecule has 0 spiro atoms. The van der Waals surface area contributed by atoms with Crippen LogP contribution in [0.1, 0.15) is 58.8 Å². The summed E-state index contributed by atoms with van der Waals surface area (Å²) in [6.07, 6.45) is 11.3. The van der Waals surface area contributed by atoms with E-state index < -0.39 is 0 Å². The van der Waals surface area contributed by atoms with Crippen LogP contribution in [0, 0.1) is 29.1 Å². The van der Waals surface area contributed by atoms with Gasteiger partial charge in [0, 0.05) is 11.1 Å². The molecule has 1 saturated carbocycles. The highest BCUT2D eigenvalue weighted by molar-refractivity contribution is 5.34. The Morgan fingerprint density at radius 2 is 2.17 bits per heavy atom. The highest BCUT2D eigenvalue weighted by Gasteiger charge is 2.54. The second kappa shape index (κ2) is 5.51. The molecule has 23 heavy (non-hydrogen) atoms. The second-order valence-corrected chi connectivity index (χ2v) is 8.64. The Morgan fingerprint density at radius 1 is 1.35 bits per heavy atom. The molecule has 5 atom stereocenters. The summed E-state index contributed by atoms with van der Waals surface area (Å²) in [6.45, 7) is 9.24. The van der Waals surface area contributed by atoms with Gasteiger partial charge in [0.25, 0.3) is 0 Å². The molecule has 4 aliphatic carbocycles. The SMILES string of the molecule is C=C1CCC2=C(C1)C[C@@H](C)[C@@H]1[C@@H]2CC[C@]2(C)C(NOC)=CC[C@@H]12. The molecule has 0 heterocycles. The van der Waals surface area contributed by atoms with Gasteiger partial charge in [0.15, 0.2) is 0 Å². The quantitative estimate of drug-likeness (QED) is 0.562. The van der Waals surface area contributed by atoms with Crippen molar-refractivity contribution in [1.29, 1.82) is 0 Å². The number of fused-ring (bicyclic) bond motifs is 4. The average Bonchev–Trinajstić information content (AvgIpc) is 2.84. The van der Waals surface area contributed by atoms with Crippen molar-refractivity contribution in [2.75, 3.05) is 7.11 Å². The number of rotatable bonds is 2. The maximum atomic E-state index is 5.26. The molecule has 0 bridgehead atoms. The van der Waals surface area contributed by atoms with Crippen molar-refractivity contribution >= 4 is 0 Å². The van der Waals surface area contributed by atoms with Crippen molar-refractivity contribution in [1.82, 2.24) is 5.48 Å². The summed E-state index contributed by atoms with van der Waals surface area (Å²) < 4.78 is 0. The van der Waals surface area contributed by atoms with E-state index in [0.29, 0.717) is 5.41 Å². The largest absolute Gasteiger partial charge is 0.280 e. The minimum atomic E-state index is 0.293. The van der Waals surface area contributed by atoms with E-state index in [1.807, 2.05) is 5.57 Å². The molecule has 0 aliphatic heterocycles. The first-order chi connectivity index (χ1) is 11.0. The molecule has 0 aromatic heterocycles. The summed E-state index contributed by atoms with van der Waals surface area (Å²) in [4.78, 5) is 5.26. The van der Waals surface area contributed by atoms with Crippen molar-refractivity contribution in [2.45, 2.75) is 58.8 Å². The van der Waals surface area contributed by atoms with Gasteiger partial charge in [-0.3, -0.25) is 10.3 Å². The molecular formula is C21H31NO. The Bertz CT molecular complexity index is 587. The Kier molecular flexibility index (Phi) is 3.72. The maximum absolute atomic E-state index is 5.26. The second-order valence-electron chi connectivity index (χ2n) is 8.64. The van der Waals surface area contributed by atoms with Crippen LogP contribution in [0.15, 0.2) is 35.1 Å². The Balaban J connectivity index is 1.65. The van der Waals surface area contributed by atoms with Crippen LogP contribution in [-0.4, -0.2) is 7.11 Å². The van der Waals surface area contributed by atoms with E-state index in [9.17, 15) is 0 Å². The number of hydrogen-bond acceptors (Lipinski definition) is 2. The molecule has 0 saturated heterocycles. The fourth-order valence-electron chi connectivity index (χ4n) is 6.40. The van der Waals surface area contributed by atoms with Crippen molar-refractivity contribution < 1.29 is 4.84 Å². The third-order valence-corrected chi connectivity index (χ3v) is 7.46. The lowest BCUT2D eigenvalue weighted by atomic mass is 9.51. The van der Waals surface area contributed by atoms with Gasteiger partial charge in [-0.25, -0.2) is 0 Å². The van der Waals surface area contributed by atoms with Crippen molar-refractivity contribution in [3.8, 4) is 0 Å². The summed E-state index contributed by atoms with van der Waals surface area (Å²) >= 11 is 0. The third kappa shape index (κ3) is 2.25. The van der Waals surface area contributed by atoms with Gasteiger partial charge in [0.1, 0.15) is 0 Å². The Hall–Kier alpha value is -1.02. The van der Waals surface area contributed by atoms with E-state index in [2.05, 4.69) is 32.0 Å². The van der Waals surface area contributed by atoms with Gasteiger partial charge >= 0.3 is 0 Å². The zero-order valence-corrected chi connectivity index (χ0v) is 15.0. The third-order valence-electron chi connectivity index (χ3n) is 7.46. The summed E-state index contributed by atoms with van der Waals surface area (Å²) in [7, 11) is 1.73. The van der Waals surface area contributed by atoms with Crippen molar-refractivity contribution in [3.63, 3.8) is 0 Å². The first-order valence-corrected chi connectivity index (χ1v) is 9.41. The van der Waals surface area contributed by atoms with Crippen molar-refractivity contribution in [3.05, 3.63) is 35.1 Å². The molecule has 4 aliphatic rings. The Labute approximate surface area is 141 Å². The molecule has 4 rings (SSSR count). The lowest BCUT2D eigenvalue weighted by Crippen LogP contribution is -2.47. The molecule has 2 nitrogen and oxygen atoms in total. The van der Waals surface area contributed by atoms with Crippen LogP contribution >= 0.6 is 0 Å². The molecule has 0 radical (unpaired) electrons. The lowest BCUT2D eigenvalue weighted by molar-refractivity contribution is 0.00387. The predicted molar refractivity (Wildman–Crippen MR) is 94.5 cm³/mol. The maximum Gasteiger partial charge on any atom is 0.0636 e. The fraction of sp³-hybridized carbons (Fsp3) is 0.714. The summed E-state index contributed by atoms with van der Waals surface area (Å²) in [5.74, 6) is 3.29. The van der Waals surface area contributed by atoms with Crippen LogP contribution in [0.25, 0.3) is 0 Å². The van der Waals surface area contributed by atoms with Crippen LogP contribution < -0.4 is 5.48 Å². The molecule has 1 fully saturated rings. The highest BCUT2D eigenvalue weighted by atomic mass is 16.6. The molecule has 2 heteroatoms. The first-order valence-electron chi connectivity index (χ1n) is 9.41. The van der Waals surface area contributed by atoms with Gasteiger partial charge in [-0.2, -0.15) is 0 Å². The predicted octanol–water partition coefficient (Wildman–Crippen LogP) is 5.15. The number of nitrogens with one attached hydrogen (secondary N) is 1. The van der Waals surface area contributed by atoms with E-state index in [1.165, 1.54) is 56.2 Å². The summed E-state index contributed by atoms with van der Waals surface area (Å²) in [6, 6.07) is 0. The van der Waals surface area contributed by atoms with E-state index in [0.717, 1.165) is 23.7 Å². The normalized spacial score (nSPS) is 42.7. The van der Waals surface area contributed by atoms with E-state index in [4.69, 9.17) is 4.84 Å². The van der Waals surface area contributed by atoms with Gasteiger partial charge in [-0.05, 0) is 68.6 Å². The molecule has 1 N–H and O–H groups in total. The molecule has 126 valence electrons. The molecule has 0 amide bonds. The monoisotopic (exact) mass is 313 g/mol. The molecule has 0 aromatic rings. The first kappa shape index (κ1) is 15.5. The van der Waals surface area contributed by atoms with Crippen LogP contribution in [0.5, 0.6) is 0 Å². The zero-order valence-electron chi connectivity index (χ0n) is 15.0. The van der Waals surface area contributed by atoms with Gasteiger partial charge in [0.05, 0.1) is 7.11 Å². The number of hydroxylamine groups is 1. The van der Waals surface area contributed by atoms with E-state index >= 15 is 0 Å². The fourth-order valence-corrected chi connectivity index (χ4v) is 6.40. The smallest absolute Gasteiger partial charge is 0.0636 e. The summed E-state index contributed by atoms with van der Waals surface area (Å²) in [5, 5.41) is 0. The van der Waals surface area contributed by atoms with E-state index in [-0.39, 0.29) is 0 Å². The molecule has 0 aromatic carbocycles. The molecule has 0 unspecified atom stereocenters. The van der Waals surface area contributed by atoms with Gasteiger partial charge < -0.3 is 0 Å². The average molecular weight is 313 g/mol. The lowest BCUT2D eigenvalue weighted by Gasteiger charge is -2.53. The minimum absolute atomic E-state index is 0.293. The van der Waals surface area contributed by atoms with Crippen LogP contribution in [0.2, 0.25) is 0 Å². The van der Waals surface area contributed by atoms with Gasteiger partial charge in [-0.15, -0.1) is 0 Å². The van der Waals surface area contributed by atoms with E-state index in [1.54, 1.807) is 12.7 Å². The highest BCUT2D eigenvalue weighted by Crippen LogP contribution is 2.62. The topological polar surface area (TPSA) is 21.3 Å².